The van der Waals surface area contributed by atoms with Crippen LogP contribution in [0.4, 0.5) is 5.69 Å². The van der Waals surface area contributed by atoms with Crippen LogP contribution in [0.25, 0.3) is 27.9 Å². The minimum absolute atomic E-state index is 0.295. The third-order valence-electron chi connectivity index (χ3n) is 5.00. The van der Waals surface area contributed by atoms with Gasteiger partial charge in [0.1, 0.15) is 5.69 Å². The molecule has 2 amide bonds. The van der Waals surface area contributed by atoms with Crippen LogP contribution >= 0.6 is 0 Å². The average molecular weight is 400 g/mol. The van der Waals surface area contributed by atoms with E-state index in [9.17, 15) is 9.59 Å². The van der Waals surface area contributed by atoms with Crippen LogP contribution in [0.1, 0.15) is 21.7 Å². The van der Waals surface area contributed by atoms with Crippen molar-refractivity contribution in [3.63, 3.8) is 0 Å². The van der Waals surface area contributed by atoms with Crippen LogP contribution in [0.15, 0.2) is 60.7 Å². The van der Waals surface area contributed by atoms with Gasteiger partial charge in [0, 0.05) is 35.1 Å². The van der Waals surface area contributed by atoms with E-state index in [1.807, 2.05) is 38.2 Å². The fourth-order valence-electron chi connectivity index (χ4n) is 3.61. The molecule has 3 N–H and O–H groups in total. The molecule has 0 spiro atoms. The molecule has 0 aliphatic carbocycles. The number of rotatable bonds is 4. The Balaban J connectivity index is 1.61. The zero-order valence-corrected chi connectivity index (χ0v) is 16.5. The Bertz CT molecular complexity index is 1300. The zero-order chi connectivity index (χ0) is 21.3. The largest absolute Gasteiger partial charge is 0.342 e. The predicted molar refractivity (Wildman–Crippen MR) is 116 cm³/mol. The lowest BCUT2D eigenvalue weighted by Crippen LogP contribution is -2.15. The summed E-state index contributed by atoms with van der Waals surface area (Å²) >= 11 is 0. The summed E-state index contributed by atoms with van der Waals surface area (Å²) in [5.41, 5.74) is 6.13. The lowest BCUT2D eigenvalue weighted by atomic mass is 10.1. The number of amides is 2. The number of para-hydroxylation sites is 1. The van der Waals surface area contributed by atoms with E-state index in [1.54, 1.807) is 30.3 Å². The maximum atomic E-state index is 12.8. The standard InChI is InChI=1S/C23H20N4O3/c1-14-22-18(17-5-3-4-6-20(17)27(22)2)13-19(24-14)23(29)25-16-10-7-15(8-11-16)9-12-21(28)26-30/h3-13,30H,1-2H3,(H,25,29)(H,26,28)/b12-9+. The Morgan fingerprint density at radius 2 is 1.80 bits per heavy atom. The van der Waals surface area contributed by atoms with Gasteiger partial charge in [0.25, 0.3) is 11.8 Å². The molecule has 2 heterocycles. The van der Waals surface area contributed by atoms with Crippen LogP contribution in [-0.4, -0.2) is 26.6 Å². The molecule has 0 bridgehead atoms. The number of benzene rings is 2. The molecular formula is C23H20N4O3. The molecule has 0 saturated heterocycles. The molecule has 2 aromatic heterocycles. The molecule has 7 heteroatoms. The van der Waals surface area contributed by atoms with E-state index in [0.717, 1.165) is 33.1 Å². The van der Waals surface area contributed by atoms with Crippen LogP contribution in [-0.2, 0) is 11.8 Å². The number of nitrogens with one attached hydrogen (secondary N) is 2. The number of pyridine rings is 1. The summed E-state index contributed by atoms with van der Waals surface area (Å²) in [6.45, 7) is 1.90. The van der Waals surface area contributed by atoms with E-state index in [0.29, 0.717) is 11.4 Å². The Labute approximate surface area is 172 Å². The van der Waals surface area contributed by atoms with Crippen LogP contribution in [0.3, 0.4) is 0 Å². The van der Waals surface area contributed by atoms with Crippen molar-refractivity contribution in [2.75, 3.05) is 5.32 Å². The Morgan fingerprint density at radius 1 is 1.07 bits per heavy atom. The van der Waals surface area contributed by atoms with Crippen LogP contribution in [0, 0.1) is 6.92 Å². The van der Waals surface area contributed by atoms with Crippen molar-refractivity contribution in [2.45, 2.75) is 6.92 Å². The number of nitrogens with zero attached hydrogens (tertiary/aromatic N) is 2. The van der Waals surface area contributed by atoms with E-state index in [1.165, 1.54) is 11.6 Å². The van der Waals surface area contributed by atoms with Gasteiger partial charge in [0.15, 0.2) is 0 Å². The molecule has 30 heavy (non-hydrogen) atoms. The fourth-order valence-corrected chi connectivity index (χ4v) is 3.61. The number of aromatic nitrogens is 2. The number of carbonyl (C=O) groups is 2. The summed E-state index contributed by atoms with van der Waals surface area (Å²) < 4.78 is 2.10. The van der Waals surface area contributed by atoms with Gasteiger partial charge >= 0.3 is 0 Å². The summed E-state index contributed by atoms with van der Waals surface area (Å²) in [7, 11) is 2.00. The van der Waals surface area contributed by atoms with Crippen molar-refractivity contribution in [1.82, 2.24) is 15.0 Å². The highest BCUT2D eigenvalue weighted by molar-refractivity contribution is 6.12. The smallest absolute Gasteiger partial charge is 0.274 e. The van der Waals surface area contributed by atoms with Crippen molar-refractivity contribution >= 4 is 45.4 Å². The molecule has 0 radical (unpaired) electrons. The normalized spacial score (nSPS) is 11.3. The molecule has 0 saturated carbocycles. The molecule has 0 unspecified atom stereocenters. The van der Waals surface area contributed by atoms with E-state index < -0.39 is 5.91 Å². The zero-order valence-electron chi connectivity index (χ0n) is 16.5. The van der Waals surface area contributed by atoms with E-state index >= 15 is 0 Å². The predicted octanol–water partition coefficient (Wildman–Crippen LogP) is 3.81. The van der Waals surface area contributed by atoms with Gasteiger partial charge in [-0.15, -0.1) is 0 Å². The Kier molecular flexibility index (Phi) is 5.04. The second-order valence-electron chi connectivity index (χ2n) is 6.95. The monoisotopic (exact) mass is 400 g/mol. The van der Waals surface area contributed by atoms with Gasteiger partial charge in [-0.1, -0.05) is 30.3 Å². The minimum atomic E-state index is -0.613. The molecular weight excluding hydrogens is 380 g/mol. The van der Waals surface area contributed by atoms with E-state index in [2.05, 4.69) is 20.9 Å². The quantitative estimate of drug-likeness (QED) is 0.276. The first kappa shape index (κ1) is 19.4. The first-order valence-electron chi connectivity index (χ1n) is 9.36. The van der Waals surface area contributed by atoms with Crippen LogP contribution in [0.2, 0.25) is 0 Å². The fraction of sp³-hybridized carbons (Fsp3) is 0.0870. The number of aryl methyl sites for hydroxylation is 2. The summed E-state index contributed by atoms with van der Waals surface area (Å²) in [5.74, 6) is -0.909. The van der Waals surface area contributed by atoms with Gasteiger partial charge in [-0.25, -0.2) is 10.5 Å². The third kappa shape index (κ3) is 3.54. The van der Waals surface area contributed by atoms with Gasteiger partial charge in [0.05, 0.1) is 11.2 Å². The highest BCUT2D eigenvalue weighted by atomic mass is 16.5. The lowest BCUT2D eigenvalue weighted by molar-refractivity contribution is -0.124. The number of fused-ring (bicyclic) bond motifs is 3. The van der Waals surface area contributed by atoms with Crippen molar-refractivity contribution < 1.29 is 14.8 Å². The first-order chi connectivity index (χ1) is 14.5. The number of anilines is 1. The highest BCUT2D eigenvalue weighted by Crippen LogP contribution is 2.30. The summed E-state index contributed by atoms with van der Waals surface area (Å²) in [4.78, 5) is 28.4. The van der Waals surface area contributed by atoms with Crippen molar-refractivity contribution in [1.29, 1.82) is 0 Å². The van der Waals surface area contributed by atoms with E-state index in [4.69, 9.17) is 5.21 Å². The second kappa shape index (κ2) is 7.81. The van der Waals surface area contributed by atoms with Crippen molar-refractivity contribution in [2.24, 2.45) is 7.05 Å². The molecule has 150 valence electrons. The molecule has 4 aromatic rings. The molecule has 4 rings (SSSR count). The third-order valence-corrected chi connectivity index (χ3v) is 5.00. The van der Waals surface area contributed by atoms with Gasteiger partial charge in [-0.2, -0.15) is 0 Å². The Hall–Kier alpha value is -3.97. The number of hydrogen-bond donors (Lipinski definition) is 3. The van der Waals surface area contributed by atoms with Crippen molar-refractivity contribution in [3.8, 4) is 0 Å². The molecule has 0 aliphatic rings. The summed E-state index contributed by atoms with van der Waals surface area (Å²) in [6, 6.07) is 16.9. The maximum Gasteiger partial charge on any atom is 0.274 e. The van der Waals surface area contributed by atoms with E-state index in [-0.39, 0.29) is 5.91 Å². The van der Waals surface area contributed by atoms with Crippen LogP contribution < -0.4 is 10.8 Å². The highest BCUT2D eigenvalue weighted by Gasteiger charge is 2.16. The van der Waals surface area contributed by atoms with Gasteiger partial charge in [-0.3, -0.25) is 14.8 Å². The molecule has 0 aliphatic heterocycles. The summed E-state index contributed by atoms with van der Waals surface area (Å²) in [5, 5.41) is 13.4. The van der Waals surface area contributed by atoms with Crippen molar-refractivity contribution in [3.05, 3.63) is 77.6 Å². The molecule has 0 fully saturated rings. The topological polar surface area (TPSA) is 96.2 Å². The van der Waals surface area contributed by atoms with Crippen LogP contribution in [0.5, 0.6) is 0 Å². The van der Waals surface area contributed by atoms with Gasteiger partial charge < -0.3 is 9.88 Å². The maximum absolute atomic E-state index is 12.8. The Morgan fingerprint density at radius 3 is 2.53 bits per heavy atom. The lowest BCUT2D eigenvalue weighted by Gasteiger charge is -2.08. The first-order valence-corrected chi connectivity index (χ1v) is 9.36. The number of carbonyl (C=O) groups excluding carboxylic acids is 2. The molecule has 7 nitrogen and oxygen atoms in total. The second-order valence-corrected chi connectivity index (χ2v) is 6.95. The number of hydroxylamine groups is 1. The molecule has 0 atom stereocenters. The average Bonchev–Trinajstić information content (AvgIpc) is 3.05. The molecule has 2 aromatic carbocycles. The summed E-state index contributed by atoms with van der Waals surface area (Å²) in [6.07, 6.45) is 2.76. The minimum Gasteiger partial charge on any atom is -0.342 e. The number of hydrogen-bond acceptors (Lipinski definition) is 4. The SMILES string of the molecule is Cc1nc(C(=O)Nc2ccc(/C=C/C(=O)NO)cc2)cc2c3ccccc3n(C)c12. The van der Waals surface area contributed by atoms with Gasteiger partial charge in [-0.05, 0) is 42.8 Å². The van der Waals surface area contributed by atoms with Gasteiger partial charge in [0.2, 0.25) is 0 Å².